The summed E-state index contributed by atoms with van der Waals surface area (Å²) in [6, 6.07) is 18.1. The van der Waals surface area contributed by atoms with Crippen LogP contribution in [0.5, 0.6) is 0 Å². The van der Waals surface area contributed by atoms with E-state index in [9.17, 15) is 14.4 Å². The first kappa shape index (κ1) is 25.1. The number of rotatable bonds is 6. The van der Waals surface area contributed by atoms with Crippen LogP contribution < -0.4 is 4.90 Å². The van der Waals surface area contributed by atoms with E-state index in [0.29, 0.717) is 35.5 Å². The van der Waals surface area contributed by atoms with E-state index in [0.717, 1.165) is 11.4 Å². The van der Waals surface area contributed by atoms with Crippen molar-refractivity contribution in [2.45, 2.75) is 27.2 Å². The normalized spacial score (nSPS) is 15.1. The second-order valence-corrected chi connectivity index (χ2v) is 8.81. The molecule has 2 aromatic carbocycles. The van der Waals surface area contributed by atoms with E-state index in [1.165, 1.54) is 16.9 Å². The highest BCUT2D eigenvalue weighted by atomic mass is 32.1. The first-order valence-corrected chi connectivity index (χ1v) is 12.0. The number of aryl methyl sites for hydroxylation is 1. The van der Waals surface area contributed by atoms with Gasteiger partial charge in [0.25, 0.3) is 11.8 Å². The van der Waals surface area contributed by atoms with Crippen LogP contribution in [0, 0.1) is 13.8 Å². The number of ether oxygens (including phenoxy) is 1. The molecule has 0 aliphatic carbocycles. The van der Waals surface area contributed by atoms with Crippen molar-refractivity contribution in [3.8, 4) is 5.69 Å². The van der Waals surface area contributed by atoms with Crippen LogP contribution in [0.4, 0.5) is 5.69 Å². The molecule has 0 unspecified atom stereocenters. The predicted octanol–water partition coefficient (Wildman–Crippen LogP) is 4.83. The van der Waals surface area contributed by atoms with Crippen LogP contribution in [-0.2, 0) is 14.3 Å². The lowest BCUT2D eigenvalue weighted by molar-refractivity contribution is -0.127. The number of thiocarbonyl (C=S) groups is 1. The van der Waals surface area contributed by atoms with E-state index in [4.69, 9.17) is 17.0 Å². The molecule has 1 saturated heterocycles. The molecule has 36 heavy (non-hydrogen) atoms. The van der Waals surface area contributed by atoms with Crippen molar-refractivity contribution in [1.82, 2.24) is 9.47 Å². The lowest BCUT2D eigenvalue weighted by Gasteiger charge is -2.36. The van der Waals surface area contributed by atoms with Gasteiger partial charge in [-0.25, -0.2) is 4.79 Å². The van der Waals surface area contributed by atoms with Gasteiger partial charge in [0.1, 0.15) is 5.57 Å². The molecule has 7 nitrogen and oxygen atoms in total. The topological polar surface area (TPSA) is 71.9 Å². The summed E-state index contributed by atoms with van der Waals surface area (Å²) < 4.78 is 6.87. The number of methoxy groups -OCH3 is 1. The van der Waals surface area contributed by atoms with Crippen molar-refractivity contribution >= 4 is 46.9 Å². The zero-order chi connectivity index (χ0) is 26.0. The molecular formula is C28H27N3O4S. The Morgan fingerprint density at radius 3 is 2.33 bits per heavy atom. The number of anilines is 1. The first-order valence-electron chi connectivity index (χ1n) is 11.6. The fraction of sp³-hybridized carbons (Fsp3) is 0.214. The second kappa shape index (κ2) is 10.3. The van der Waals surface area contributed by atoms with Gasteiger partial charge in [0.05, 0.1) is 24.0 Å². The van der Waals surface area contributed by atoms with Gasteiger partial charge in [-0.15, -0.1) is 0 Å². The Bertz CT molecular complexity index is 1390. The van der Waals surface area contributed by atoms with Gasteiger partial charge in [0.15, 0.2) is 5.11 Å². The summed E-state index contributed by atoms with van der Waals surface area (Å²) in [6.45, 7) is 6.14. The molecule has 1 aliphatic rings. The van der Waals surface area contributed by atoms with E-state index in [1.807, 2.05) is 61.7 Å². The van der Waals surface area contributed by atoms with Crippen LogP contribution in [0.1, 0.15) is 40.7 Å². The Kier molecular flexibility index (Phi) is 7.17. The molecule has 1 aliphatic heterocycles. The maximum atomic E-state index is 13.6. The van der Waals surface area contributed by atoms with Gasteiger partial charge >= 0.3 is 5.97 Å². The largest absolute Gasteiger partial charge is 0.465 e. The lowest BCUT2D eigenvalue weighted by Crippen LogP contribution is -2.56. The summed E-state index contributed by atoms with van der Waals surface area (Å²) in [6.07, 6.45) is 2.30. The fourth-order valence-corrected chi connectivity index (χ4v) is 4.77. The van der Waals surface area contributed by atoms with E-state index in [2.05, 4.69) is 0 Å². The average Bonchev–Trinajstić information content (AvgIpc) is 3.16. The number of hydrogen-bond acceptors (Lipinski definition) is 5. The molecule has 0 spiro atoms. The maximum absolute atomic E-state index is 13.6. The molecular weight excluding hydrogens is 474 g/mol. The van der Waals surface area contributed by atoms with E-state index in [1.54, 1.807) is 30.3 Å². The van der Waals surface area contributed by atoms with Crippen molar-refractivity contribution in [3.05, 3.63) is 88.8 Å². The zero-order valence-corrected chi connectivity index (χ0v) is 21.5. The molecule has 3 aromatic rings. The van der Waals surface area contributed by atoms with Gasteiger partial charge in [0.2, 0.25) is 0 Å². The molecule has 2 amide bonds. The standard InChI is InChI=1S/C28H27N3O4S/c1-5-15-29-25(32)23(26(33)31(28(29)36)21-11-7-6-8-12-21)17-20-16-18(2)30(19(20)3)24-14-10-9-13-22(24)27(34)35-4/h6-14,16-17H,5,15H2,1-4H3/b23-17+. The zero-order valence-electron chi connectivity index (χ0n) is 20.6. The van der Waals surface area contributed by atoms with Gasteiger partial charge in [0, 0.05) is 17.9 Å². The molecule has 0 radical (unpaired) electrons. The highest BCUT2D eigenvalue weighted by molar-refractivity contribution is 7.80. The Balaban J connectivity index is 1.84. The van der Waals surface area contributed by atoms with E-state index < -0.39 is 17.8 Å². The number of para-hydroxylation sites is 2. The van der Waals surface area contributed by atoms with E-state index in [-0.39, 0.29) is 10.7 Å². The van der Waals surface area contributed by atoms with Crippen LogP contribution >= 0.6 is 12.2 Å². The van der Waals surface area contributed by atoms with Crippen molar-refractivity contribution in [2.24, 2.45) is 0 Å². The van der Waals surface area contributed by atoms with Crippen LogP contribution in [0.15, 0.2) is 66.2 Å². The van der Waals surface area contributed by atoms with Crippen molar-refractivity contribution in [3.63, 3.8) is 0 Å². The minimum absolute atomic E-state index is 0.0300. The molecule has 0 atom stereocenters. The van der Waals surface area contributed by atoms with Crippen LogP contribution in [0.2, 0.25) is 0 Å². The highest BCUT2D eigenvalue weighted by Crippen LogP contribution is 2.29. The summed E-state index contributed by atoms with van der Waals surface area (Å²) >= 11 is 5.57. The Hall–Kier alpha value is -4.04. The molecule has 1 fully saturated rings. The SMILES string of the molecule is CCCN1C(=O)/C(=C\c2cc(C)n(-c3ccccc3C(=O)OC)c2C)C(=O)N(c2ccccc2)C1=S. The average molecular weight is 502 g/mol. The van der Waals surface area contributed by atoms with Gasteiger partial charge in [-0.2, -0.15) is 0 Å². The Labute approximate surface area is 215 Å². The third kappa shape index (κ3) is 4.35. The summed E-state index contributed by atoms with van der Waals surface area (Å²) in [5.41, 5.74) is 4.02. The van der Waals surface area contributed by atoms with Gasteiger partial charge in [-0.1, -0.05) is 37.3 Å². The number of aromatic nitrogens is 1. The monoisotopic (exact) mass is 501 g/mol. The van der Waals surface area contributed by atoms with Gasteiger partial charge < -0.3 is 9.30 Å². The lowest BCUT2D eigenvalue weighted by atomic mass is 10.1. The molecule has 2 heterocycles. The van der Waals surface area contributed by atoms with E-state index >= 15 is 0 Å². The fourth-order valence-electron chi connectivity index (χ4n) is 4.41. The molecule has 0 saturated carbocycles. The molecule has 0 N–H and O–H groups in total. The number of hydrogen-bond donors (Lipinski definition) is 0. The molecule has 4 rings (SSSR count). The number of benzene rings is 2. The summed E-state index contributed by atoms with van der Waals surface area (Å²) in [7, 11) is 1.34. The van der Waals surface area contributed by atoms with Gasteiger partial charge in [-0.3, -0.25) is 19.4 Å². The van der Waals surface area contributed by atoms with Crippen LogP contribution in [-0.4, -0.2) is 46.0 Å². The molecule has 8 heteroatoms. The smallest absolute Gasteiger partial charge is 0.339 e. The van der Waals surface area contributed by atoms with Crippen molar-refractivity contribution < 1.29 is 19.1 Å². The van der Waals surface area contributed by atoms with Crippen LogP contribution in [0.3, 0.4) is 0 Å². The number of carbonyl (C=O) groups excluding carboxylic acids is 3. The van der Waals surface area contributed by atoms with Gasteiger partial charge in [-0.05, 0) is 74.5 Å². The summed E-state index contributed by atoms with van der Waals surface area (Å²) in [4.78, 5) is 42.3. The minimum Gasteiger partial charge on any atom is -0.465 e. The Morgan fingerprint density at radius 1 is 1.00 bits per heavy atom. The molecule has 1 aromatic heterocycles. The highest BCUT2D eigenvalue weighted by Gasteiger charge is 2.40. The predicted molar refractivity (Wildman–Crippen MR) is 143 cm³/mol. The molecule has 184 valence electrons. The Morgan fingerprint density at radius 2 is 1.67 bits per heavy atom. The number of carbonyl (C=O) groups is 3. The summed E-state index contributed by atoms with van der Waals surface area (Å²) in [5.74, 6) is -1.33. The number of amides is 2. The number of esters is 1. The van der Waals surface area contributed by atoms with Crippen molar-refractivity contribution in [1.29, 1.82) is 0 Å². The molecule has 0 bridgehead atoms. The summed E-state index contributed by atoms with van der Waals surface area (Å²) in [5, 5.41) is 0.174. The first-order chi connectivity index (χ1) is 17.3. The minimum atomic E-state index is -0.469. The third-order valence-corrected chi connectivity index (χ3v) is 6.52. The van der Waals surface area contributed by atoms with Crippen molar-refractivity contribution in [2.75, 3.05) is 18.6 Å². The second-order valence-electron chi connectivity index (χ2n) is 8.44. The maximum Gasteiger partial charge on any atom is 0.339 e. The quantitative estimate of drug-likeness (QED) is 0.209. The van der Waals surface area contributed by atoms with Crippen LogP contribution in [0.25, 0.3) is 11.8 Å². The third-order valence-electron chi connectivity index (χ3n) is 6.11. The number of nitrogens with zero attached hydrogens (tertiary/aromatic N) is 3.